The minimum atomic E-state index is -4.73. The average Bonchev–Trinajstić information content (AvgIpc) is 2.73. The van der Waals surface area contributed by atoms with Crippen LogP contribution >= 0.6 is 0 Å². The lowest BCUT2D eigenvalue weighted by Gasteiger charge is -2.24. The number of rotatable bonds is 13. The number of halogens is 5. The van der Waals surface area contributed by atoms with Crippen molar-refractivity contribution in [2.45, 2.75) is 38.3 Å². The Kier molecular flexibility index (Phi) is 10.00. The SMILES string of the molecule is CN(CF)C(CCCOc1ccccc1CCc1cccc(OC(F)(F)F)c1)OCF. The molecule has 0 saturated carbocycles. The largest absolute Gasteiger partial charge is 0.573 e. The molecule has 0 aliphatic rings. The standard InChI is InChI=1S/C22H26F5NO3/c1-28(15-23)21(30-16-24)10-5-13-29-20-9-3-2-7-18(20)12-11-17-6-4-8-19(14-17)31-22(25,26)27/h2-4,6-9,14,21H,5,10-13,15-16H2,1H3. The van der Waals surface area contributed by atoms with Gasteiger partial charge >= 0.3 is 6.36 Å². The molecule has 2 aromatic rings. The lowest BCUT2D eigenvalue weighted by atomic mass is 10.0. The Balaban J connectivity index is 1.89. The fraction of sp³-hybridized carbons (Fsp3) is 0.455. The van der Waals surface area contributed by atoms with Gasteiger partial charge in [0.15, 0.2) is 6.86 Å². The summed E-state index contributed by atoms with van der Waals surface area (Å²) in [6, 6.07) is 13.2. The van der Waals surface area contributed by atoms with Crippen LogP contribution in [0, 0.1) is 0 Å². The molecule has 0 heterocycles. The molecule has 2 rings (SSSR count). The van der Waals surface area contributed by atoms with Crippen LogP contribution in [0.5, 0.6) is 11.5 Å². The van der Waals surface area contributed by atoms with Gasteiger partial charge in [-0.25, -0.2) is 8.78 Å². The molecule has 0 fully saturated rings. The lowest BCUT2D eigenvalue weighted by Crippen LogP contribution is -2.33. The number of hydrogen-bond donors (Lipinski definition) is 0. The molecule has 172 valence electrons. The van der Waals surface area contributed by atoms with Crippen molar-refractivity contribution in [1.82, 2.24) is 4.90 Å². The number of hydrogen-bond acceptors (Lipinski definition) is 4. The fourth-order valence-electron chi connectivity index (χ4n) is 3.05. The van der Waals surface area contributed by atoms with E-state index in [1.165, 1.54) is 30.1 Å². The Morgan fingerprint density at radius 1 is 1.00 bits per heavy atom. The number of alkyl halides is 5. The van der Waals surface area contributed by atoms with E-state index in [-0.39, 0.29) is 5.75 Å². The third kappa shape index (κ3) is 9.10. The van der Waals surface area contributed by atoms with Gasteiger partial charge in [0.1, 0.15) is 24.5 Å². The highest BCUT2D eigenvalue weighted by Crippen LogP contribution is 2.25. The van der Waals surface area contributed by atoms with Crippen LogP contribution < -0.4 is 9.47 Å². The molecule has 4 nitrogen and oxygen atoms in total. The maximum absolute atomic E-state index is 12.7. The third-order valence-corrected chi connectivity index (χ3v) is 4.58. The Hall–Kier alpha value is -2.39. The van der Waals surface area contributed by atoms with Crippen LogP contribution in [0.25, 0.3) is 0 Å². The van der Waals surface area contributed by atoms with Gasteiger partial charge in [-0.1, -0.05) is 30.3 Å². The molecule has 2 aromatic carbocycles. The van der Waals surface area contributed by atoms with E-state index in [0.29, 0.717) is 43.6 Å². The summed E-state index contributed by atoms with van der Waals surface area (Å²) < 4.78 is 77.0. The summed E-state index contributed by atoms with van der Waals surface area (Å²) in [5.41, 5.74) is 1.61. The number of benzene rings is 2. The average molecular weight is 447 g/mol. The Morgan fingerprint density at radius 2 is 1.77 bits per heavy atom. The molecule has 1 atom stereocenters. The molecule has 0 N–H and O–H groups in total. The van der Waals surface area contributed by atoms with Crippen molar-refractivity contribution in [1.29, 1.82) is 0 Å². The molecule has 0 saturated heterocycles. The van der Waals surface area contributed by atoms with E-state index < -0.39 is 26.2 Å². The van der Waals surface area contributed by atoms with E-state index in [1.807, 2.05) is 24.3 Å². The van der Waals surface area contributed by atoms with Crippen LogP contribution in [0.4, 0.5) is 22.0 Å². The van der Waals surface area contributed by atoms with Crippen LogP contribution in [-0.4, -0.2) is 44.8 Å². The first kappa shape index (κ1) is 24.9. The quantitative estimate of drug-likeness (QED) is 0.172. The zero-order valence-corrected chi connectivity index (χ0v) is 17.2. The van der Waals surface area contributed by atoms with E-state index in [9.17, 15) is 22.0 Å². The summed E-state index contributed by atoms with van der Waals surface area (Å²) in [6.07, 6.45) is -3.40. The molecule has 0 aromatic heterocycles. The molecule has 0 amide bonds. The fourth-order valence-corrected chi connectivity index (χ4v) is 3.05. The van der Waals surface area contributed by atoms with Crippen LogP contribution in [-0.2, 0) is 17.6 Å². The van der Waals surface area contributed by atoms with Gasteiger partial charge in [0.05, 0.1) is 6.61 Å². The number of para-hydroxylation sites is 1. The Bertz CT molecular complexity index is 788. The Labute approximate surface area is 178 Å². The molecular weight excluding hydrogens is 421 g/mol. The number of nitrogens with zero attached hydrogens (tertiary/aromatic N) is 1. The van der Waals surface area contributed by atoms with Gasteiger partial charge in [-0.15, -0.1) is 13.2 Å². The third-order valence-electron chi connectivity index (χ3n) is 4.58. The van der Waals surface area contributed by atoms with Crippen molar-refractivity contribution in [3.05, 3.63) is 59.7 Å². The first-order valence-corrected chi connectivity index (χ1v) is 9.81. The second kappa shape index (κ2) is 12.5. The second-order valence-electron chi connectivity index (χ2n) is 6.90. The van der Waals surface area contributed by atoms with Crippen LogP contribution in [0.1, 0.15) is 24.0 Å². The van der Waals surface area contributed by atoms with Crippen LogP contribution in [0.15, 0.2) is 48.5 Å². The minimum absolute atomic E-state index is 0.252. The zero-order chi connectivity index (χ0) is 22.7. The van der Waals surface area contributed by atoms with Crippen molar-refractivity contribution in [3.63, 3.8) is 0 Å². The smallest absolute Gasteiger partial charge is 0.493 e. The first-order chi connectivity index (χ1) is 14.8. The van der Waals surface area contributed by atoms with Gasteiger partial charge in [-0.05, 0) is 62.1 Å². The molecule has 0 bridgehead atoms. The van der Waals surface area contributed by atoms with E-state index in [1.54, 1.807) is 6.07 Å². The molecule has 0 radical (unpaired) electrons. The van der Waals surface area contributed by atoms with Crippen molar-refractivity contribution >= 4 is 0 Å². The van der Waals surface area contributed by atoms with Gasteiger partial charge < -0.3 is 14.2 Å². The van der Waals surface area contributed by atoms with Crippen molar-refractivity contribution in [2.75, 3.05) is 27.3 Å². The molecule has 9 heteroatoms. The summed E-state index contributed by atoms with van der Waals surface area (Å²) in [6.45, 7) is -1.41. The number of aryl methyl sites for hydroxylation is 2. The molecule has 0 spiro atoms. The zero-order valence-electron chi connectivity index (χ0n) is 17.2. The molecule has 31 heavy (non-hydrogen) atoms. The summed E-state index contributed by atoms with van der Waals surface area (Å²) in [5.74, 6) is 0.407. The van der Waals surface area contributed by atoms with Gasteiger partial charge in [0.25, 0.3) is 0 Å². The van der Waals surface area contributed by atoms with E-state index >= 15 is 0 Å². The Morgan fingerprint density at radius 3 is 2.48 bits per heavy atom. The molecule has 0 aliphatic heterocycles. The monoisotopic (exact) mass is 447 g/mol. The molecular formula is C22H26F5NO3. The molecule has 0 aliphatic carbocycles. The topological polar surface area (TPSA) is 30.9 Å². The van der Waals surface area contributed by atoms with Gasteiger partial charge in [-0.2, -0.15) is 0 Å². The van der Waals surface area contributed by atoms with Gasteiger partial charge in [-0.3, -0.25) is 4.90 Å². The predicted molar refractivity (Wildman–Crippen MR) is 106 cm³/mol. The van der Waals surface area contributed by atoms with Gasteiger partial charge in [0, 0.05) is 0 Å². The predicted octanol–water partition coefficient (Wildman–Crippen LogP) is 5.66. The normalized spacial score (nSPS) is 12.7. The van der Waals surface area contributed by atoms with E-state index in [4.69, 9.17) is 9.47 Å². The first-order valence-electron chi connectivity index (χ1n) is 9.81. The maximum atomic E-state index is 12.7. The van der Waals surface area contributed by atoms with E-state index in [2.05, 4.69) is 4.74 Å². The van der Waals surface area contributed by atoms with Gasteiger partial charge in [0.2, 0.25) is 0 Å². The van der Waals surface area contributed by atoms with E-state index in [0.717, 1.165) is 5.56 Å². The van der Waals surface area contributed by atoms with Crippen molar-refractivity contribution in [3.8, 4) is 11.5 Å². The summed E-state index contributed by atoms with van der Waals surface area (Å²) in [7, 11) is 1.51. The summed E-state index contributed by atoms with van der Waals surface area (Å²) >= 11 is 0. The van der Waals surface area contributed by atoms with Crippen LogP contribution in [0.3, 0.4) is 0 Å². The highest BCUT2D eigenvalue weighted by atomic mass is 19.4. The van der Waals surface area contributed by atoms with Crippen molar-refractivity contribution < 1.29 is 36.2 Å². The molecule has 1 unspecified atom stereocenters. The summed E-state index contributed by atoms with van der Waals surface area (Å²) in [5, 5.41) is 0. The van der Waals surface area contributed by atoms with Crippen molar-refractivity contribution in [2.24, 2.45) is 0 Å². The number of ether oxygens (including phenoxy) is 3. The van der Waals surface area contributed by atoms with Crippen LogP contribution in [0.2, 0.25) is 0 Å². The highest BCUT2D eigenvalue weighted by Gasteiger charge is 2.31. The summed E-state index contributed by atoms with van der Waals surface area (Å²) in [4.78, 5) is 1.27. The minimum Gasteiger partial charge on any atom is -0.493 e. The highest BCUT2D eigenvalue weighted by molar-refractivity contribution is 5.35. The lowest BCUT2D eigenvalue weighted by molar-refractivity contribution is -0.274. The second-order valence-corrected chi connectivity index (χ2v) is 6.90. The maximum Gasteiger partial charge on any atom is 0.573 e.